The summed E-state index contributed by atoms with van der Waals surface area (Å²) in [5, 5.41) is 6.17. The number of para-hydroxylation sites is 1. The number of carbonyl (C=O) groups excluding carboxylic acids is 1. The highest BCUT2D eigenvalue weighted by molar-refractivity contribution is 9.10. The number of pyridine rings is 1. The largest absolute Gasteiger partial charge is 0.354 e. The fourth-order valence-electron chi connectivity index (χ4n) is 2.04. The zero-order chi connectivity index (χ0) is 16.7. The van der Waals surface area contributed by atoms with Gasteiger partial charge >= 0.3 is 0 Å². The highest BCUT2D eigenvalue weighted by atomic mass is 79.9. The van der Waals surface area contributed by atoms with Crippen molar-refractivity contribution in [2.45, 2.75) is 6.42 Å². The van der Waals surface area contributed by atoms with Gasteiger partial charge in [0.05, 0.1) is 5.69 Å². The molecule has 0 bridgehead atoms. The average Bonchev–Trinajstić information content (AvgIpc) is 2.54. The summed E-state index contributed by atoms with van der Waals surface area (Å²) in [6.07, 6.45) is 2.54. The lowest BCUT2D eigenvalue weighted by molar-refractivity contribution is 0.0947. The summed E-state index contributed by atoms with van der Waals surface area (Å²) in [5.74, 6) is -0.153. The Morgan fingerprint density at radius 3 is 2.78 bits per heavy atom. The van der Waals surface area contributed by atoms with Gasteiger partial charge in [0.2, 0.25) is 0 Å². The number of carbonyl (C=O) groups is 1. The van der Waals surface area contributed by atoms with Crippen LogP contribution in [0.25, 0.3) is 0 Å². The molecule has 0 spiro atoms. The molecule has 5 nitrogen and oxygen atoms in total. The van der Waals surface area contributed by atoms with E-state index in [1.54, 1.807) is 12.3 Å². The SMILES string of the molecule is CN(C)CCCNC(=O)c1cc(Nc2ccccc2Br)ccn1. The van der Waals surface area contributed by atoms with Gasteiger partial charge in [-0.25, -0.2) is 0 Å². The van der Waals surface area contributed by atoms with Gasteiger partial charge in [-0.3, -0.25) is 9.78 Å². The van der Waals surface area contributed by atoms with E-state index in [9.17, 15) is 4.79 Å². The second-order valence-corrected chi connectivity index (χ2v) is 6.30. The lowest BCUT2D eigenvalue weighted by Crippen LogP contribution is -2.27. The first-order valence-electron chi connectivity index (χ1n) is 7.47. The van der Waals surface area contributed by atoms with Crippen LogP contribution in [0.15, 0.2) is 47.1 Å². The van der Waals surface area contributed by atoms with Crippen LogP contribution in [-0.4, -0.2) is 43.0 Å². The van der Waals surface area contributed by atoms with Gasteiger partial charge in [0, 0.05) is 22.9 Å². The lowest BCUT2D eigenvalue weighted by Gasteiger charge is -2.11. The Kier molecular flexibility index (Phi) is 6.55. The van der Waals surface area contributed by atoms with Crippen LogP contribution in [0.3, 0.4) is 0 Å². The summed E-state index contributed by atoms with van der Waals surface area (Å²) < 4.78 is 0.964. The van der Waals surface area contributed by atoms with Gasteiger partial charge in [0.25, 0.3) is 5.91 Å². The molecule has 0 aliphatic rings. The number of amides is 1. The molecule has 1 amide bonds. The zero-order valence-electron chi connectivity index (χ0n) is 13.3. The van der Waals surface area contributed by atoms with E-state index in [0.29, 0.717) is 12.2 Å². The first-order chi connectivity index (χ1) is 11.1. The van der Waals surface area contributed by atoms with Gasteiger partial charge in [-0.2, -0.15) is 0 Å². The zero-order valence-corrected chi connectivity index (χ0v) is 14.9. The normalized spacial score (nSPS) is 10.6. The fourth-order valence-corrected chi connectivity index (χ4v) is 2.42. The Morgan fingerprint density at radius 2 is 2.04 bits per heavy atom. The van der Waals surface area contributed by atoms with E-state index in [1.165, 1.54) is 0 Å². The summed E-state index contributed by atoms with van der Waals surface area (Å²) in [7, 11) is 4.03. The first-order valence-corrected chi connectivity index (χ1v) is 8.26. The predicted octanol–water partition coefficient (Wildman–Crippen LogP) is 3.27. The Labute approximate surface area is 145 Å². The van der Waals surface area contributed by atoms with Crippen molar-refractivity contribution in [3.63, 3.8) is 0 Å². The lowest BCUT2D eigenvalue weighted by atomic mass is 10.2. The molecule has 6 heteroatoms. The molecule has 2 rings (SSSR count). The number of nitrogens with one attached hydrogen (secondary N) is 2. The van der Waals surface area contributed by atoms with E-state index < -0.39 is 0 Å². The van der Waals surface area contributed by atoms with Gasteiger partial charge in [-0.05, 0) is 67.3 Å². The average molecular weight is 377 g/mol. The Morgan fingerprint density at radius 1 is 1.26 bits per heavy atom. The highest BCUT2D eigenvalue weighted by Gasteiger charge is 2.08. The van der Waals surface area contributed by atoms with Crippen LogP contribution in [0, 0.1) is 0 Å². The molecule has 0 saturated carbocycles. The van der Waals surface area contributed by atoms with E-state index in [2.05, 4.69) is 36.4 Å². The highest BCUT2D eigenvalue weighted by Crippen LogP contribution is 2.25. The Bertz CT molecular complexity index is 661. The van der Waals surface area contributed by atoms with Crippen molar-refractivity contribution < 1.29 is 4.79 Å². The van der Waals surface area contributed by atoms with E-state index in [1.807, 2.05) is 44.4 Å². The number of halogens is 1. The number of aromatic nitrogens is 1. The first kappa shape index (κ1) is 17.4. The second-order valence-electron chi connectivity index (χ2n) is 5.45. The van der Waals surface area contributed by atoms with E-state index in [4.69, 9.17) is 0 Å². The summed E-state index contributed by atoms with van der Waals surface area (Å²) in [5.41, 5.74) is 2.17. The molecule has 2 N–H and O–H groups in total. The minimum Gasteiger partial charge on any atom is -0.354 e. The van der Waals surface area contributed by atoms with Crippen LogP contribution in [0.5, 0.6) is 0 Å². The van der Waals surface area contributed by atoms with Gasteiger partial charge < -0.3 is 15.5 Å². The van der Waals surface area contributed by atoms with Crippen molar-refractivity contribution in [3.05, 3.63) is 52.8 Å². The number of benzene rings is 1. The predicted molar refractivity (Wildman–Crippen MR) is 97.2 cm³/mol. The molecule has 2 aromatic rings. The number of nitrogens with zero attached hydrogens (tertiary/aromatic N) is 2. The van der Waals surface area contributed by atoms with Crippen molar-refractivity contribution in [2.75, 3.05) is 32.5 Å². The summed E-state index contributed by atoms with van der Waals surface area (Å²) in [4.78, 5) is 18.4. The quantitative estimate of drug-likeness (QED) is 0.728. The molecule has 0 aliphatic heterocycles. The molecule has 0 atom stereocenters. The molecule has 1 heterocycles. The number of anilines is 2. The maximum atomic E-state index is 12.1. The molecule has 23 heavy (non-hydrogen) atoms. The summed E-state index contributed by atoms with van der Waals surface area (Å²) in [6.45, 7) is 1.58. The van der Waals surface area contributed by atoms with Crippen LogP contribution in [0.2, 0.25) is 0 Å². The molecule has 0 radical (unpaired) electrons. The van der Waals surface area contributed by atoms with Crippen LogP contribution in [-0.2, 0) is 0 Å². The number of hydrogen-bond acceptors (Lipinski definition) is 4. The maximum absolute atomic E-state index is 12.1. The molecule has 122 valence electrons. The van der Waals surface area contributed by atoms with Crippen LogP contribution in [0.1, 0.15) is 16.9 Å². The smallest absolute Gasteiger partial charge is 0.269 e. The summed E-state index contributed by atoms with van der Waals surface area (Å²) in [6, 6.07) is 11.4. The molecular formula is C17H21BrN4O. The van der Waals surface area contributed by atoms with Crippen molar-refractivity contribution in [2.24, 2.45) is 0 Å². The third-order valence-electron chi connectivity index (χ3n) is 3.21. The summed E-state index contributed by atoms with van der Waals surface area (Å²) >= 11 is 3.49. The Hall–Kier alpha value is -1.92. The van der Waals surface area contributed by atoms with Gasteiger partial charge in [-0.15, -0.1) is 0 Å². The van der Waals surface area contributed by atoms with Crippen LogP contribution < -0.4 is 10.6 Å². The van der Waals surface area contributed by atoms with E-state index in [-0.39, 0.29) is 5.91 Å². The van der Waals surface area contributed by atoms with Crippen molar-refractivity contribution in [1.82, 2.24) is 15.2 Å². The van der Waals surface area contributed by atoms with Crippen LogP contribution in [0.4, 0.5) is 11.4 Å². The maximum Gasteiger partial charge on any atom is 0.269 e. The fraction of sp³-hybridized carbons (Fsp3) is 0.294. The molecule has 0 saturated heterocycles. The molecule has 0 fully saturated rings. The molecular weight excluding hydrogens is 356 g/mol. The molecule has 0 unspecified atom stereocenters. The third kappa shape index (κ3) is 5.65. The number of hydrogen-bond donors (Lipinski definition) is 2. The Balaban J connectivity index is 1.96. The molecule has 1 aromatic heterocycles. The minimum absolute atomic E-state index is 0.153. The second kappa shape index (κ2) is 8.64. The third-order valence-corrected chi connectivity index (χ3v) is 3.90. The monoisotopic (exact) mass is 376 g/mol. The van der Waals surface area contributed by atoms with Gasteiger partial charge in [0.15, 0.2) is 0 Å². The standard InChI is InChI=1S/C17H21BrN4O/c1-22(2)11-5-9-20-17(23)16-12-13(8-10-19-16)21-15-7-4-3-6-14(15)18/h3-4,6-8,10,12H,5,9,11H2,1-2H3,(H,19,21)(H,20,23). The number of rotatable bonds is 7. The van der Waals surface area contributed by atoms with Gasteiger partial charge in [0.1, 0.15) is 5.69 Å². The molecule has 0 aliphatic carbocycles. The topological polar surface area (TPSA) is 57.3 Å². The van der Waals surface area contributed by atoms with Crippen molar-refractivity contribution in [1.29, 1.82) is 0 Å². The van der Waals surface area contributed by atoms with E-state index >= 15 is 0 Å². The van der Waals surface area contributed by atoms with Crippen molar-refractivity contribution in [3.8, 4) is 0 Å². The van der Waals surface area contributed by atoms with Crippen LogP contribution >= 0.6 is 15.9 Å². The van der Waals surface area contributed by atoms with E-state index in [0.717, 1.165) is 28.8 Å². The van der Waals surface area contributed by atoms with Crippen molar-refractivity contribution >= 4 is 33.2 Å². The molecule has 1 aromatic carbocycles. The minimum atomic E-state index is -0.153. The van der Waals surface area contributed by atoms with Gasteiger partial charge in [-0.1, -0.05) is 12.1 Å².